The molecule has 0 unspecified atom stereocenters. The van der Waals surface area contributed by atoms with Crippen LogP contribution in [0.15, 0.2) is 70.6 Å². The van der Waals surface area contributed by atoms with Gasteiger partial charge in [-0.25, -0.2) is 13.5 Å². The molecule has 0 saturated carbocycles. The van der Waals surface area contributed by atoms with Gasteiger partial charge in [0.25, 0.3) is 0 Å². The first kappa shape index (κ1) is 20.5. The maximum Gasteiger partial charge on any atom is 0.387 e. The van der Waals surface area contributed by atoms with Crippen molar-refractivity contribution in [3.63, 3.8) is 0 Å². The second-order valence-corrected chi connectivity index (χ2v) is 6.49. The quantitative estimate of drug-likeness (QED) is 0.298. The molecular weight excluding hydrogens is 406 g/mol. The van der Waals surface area contributed by atoms with E-state index in [4.69, 9.17) is 0 Å². The van der Waals surface area contributed by atoms with Crippen molar-refractivity contribution in [3.8, 4) is 17.0 Å². The van der Waals surface area contributed by atoms with Crippen molar-refractivity contribution in [2.24, 2.45) is 10.1 Å². The highest BCUT2D eigenvalue weighted by Gasteiger charge is 2.10. The molecule has 0 N–H and O–H groups in total. The summed E-state index contributed by atoms with van der Waals surface area (Å²) in [5, 5.41) is 6.07. The topological polar surface area (TPSA) is 38.9 Å². The molecule has 1 aromatic heterocycles. The van der Waals surface area contributed by atoms with E-state index < -0.39 is 18.2 Å². The van der Waals surface area contributed by atoms with E-state index in [1.807, 2.05) is 0 Å². The fourth-order valence-corrected chi connectivity index (χ4v) is 3.24. The lowest BCUT2D eigenvalue weighted by molar-refractivity contribution is -0.0498. The summed E-state index contributed by atoms with van der Waals surface area (Å²) in [6.07, 6.45) is 2.87. The van der Waals surface area contributed by atoms with Gasteiger partial charge in [0.1, 0.15) is 17.4 Å². The third kappa shape index (κ3) is 5.20. The fraction of sp³-hybridized carbons (Fsp3) is 0.100. The van der Waals surface area contributed by atoms with Gasteiger partial charge in [-0.2, -0.15) is 13.9 Å². The van der Waals surface area contributed by atoms with Gasteiger partial charge in [0.05, 0.1) is 18.5 Å². The number of thiazole rings is 1. The van der Waals surface area contributed by atoms with Crippen LogP contribution in [0, 0.1) is 11.6 Å². The minimum absolute atomic E-state index is 0.0268. The Labute approximate surface area is 167 Å². The Morgan fingerprint density at radius 1 is 1.14 bits per heavy atom. The predicted molar refractivity (Wildman–Crippen MR) is 104 cm³/mol. The number of nitrogens with zero attached hydrogens (tertiary/aromatic N) is 3. The average molecular weight is 421 g/mol. The predicted octanol–water partition coefficient (Wildman–Crippen LogP) is 5.07. The maximum atomic E-state index is 13.9. The number of hydrogen-bond donors (Lipinski definition) is 0. The smallest absolute Gasteiger partial charge is 0.387 e. The molecular formula is C20H15F4N3OS. The second-order valence-electron chi connectivity index (χ2n) is 5.66. The molecule has 3 rings (SSSR count). The normalized spacial score (nSPS) is 12.1. The Balaban J connectivity index is 2.01. The zero-order valence-electron chi connectivity index (χ0n) is 14.9. The molecule has 0 fully saturated rings. The van der Waals surface area contributed by atoms with E-state index >= 15 is 0 Å². The van der Waals surface area contributed by atoms with Crippen LogP contribution in [-0.2, 0) is 0 Å². The molecule has 1 heterocycles. The molecule has 0 spiro atoms. The molecule has 0 aliphatic heterocycles. The van der Waals surface area contributed by atoms with Gasteiger partial charge in [-0.1, -0.05) is 6.08 Å². The SMILES string of the molecule is C=CCN=c1scc(-c2ccc(OC(F)F)cc2)n1/N=C/c1ccc(F)cc1F. The van der Waals surface area contributed by atoms with Crippen LogP contribution in [0.3, 0.4) is 0 Å². The molecule has 4 nitrogen and oxygen atoms in total. The van der Waals surface area contributed by atoms with Crippen LogP contribution >= 0.6 is 11.3 Å². The lowest BCUT2D eigenvalue weighted by Gasteiger charge is -2.07. The standard InChI is InChI=1S/C20H15F4N3OS/c1-2-9-25-20-27(26-11-14-3-6-15(21)10-17(14)22)18(12-29-20)13-4-7-16(8-5-13)28-19(23)24/h2-8,10-12,19H,1,9H2/b25-20?,26-11+. The van der Waals surface area contributed by atoms with Crippen LogP contribution in [0.4, 0.5) is 17.6 Å². The summed E-state index contributed by atoms with van der Waals surface area (Å²) in [5.41, 5.74) is 1.38. The van der Waals surface area contributed by atoms with Gasteiger partial charge in [-0.15, -0.1) is 17.9 Å². The van der Waals surface area contributed by atoms with Gasteiger partial charge >= 0.3 is 6.61 Å². The van der Waals surface area contributed by atoms with Crippen molar-refractivity contribution in [2.45, 2.75) is 6.61 Å². The molecule has 2 aromatic carbocycles. The Morgan fingerprint density at radius 2 is 1.90 bits per heavy atom. The summed E-state index contributed by atoms with van der Waals surface area (Å²) in [6, 6.07) is 9.20. The van der Waals surface area contributed by atoms with Gasteiger partial charge < -0.3 is 4.74 Å². The van der Waals surface area contributed by atoms with Crippen molar-refractivity contribution in [2.75, 3.05) is 6.54 Å². The first-order chi connectivity index (χ1) is 14.0. The van der Waals surface area contributed by atoms with Crippen LogP contribution in [0.25, 0.3) is 11.3 Å². The van der Waals surface area contributed by atoms with Gasteiger partial charge in [0.2, 0.25) is 4.80 Å². The van der Waals surface area contributed by atoms with Crippen molar-refractivity contribution >= 4 is 17.6 Å². The zero-order valence-corrected chi connectivity index (χ0v) is 15.8. The van der Waals surface area contributed by atoms with Crippen LogP contribution in [0.1, 0.15) is 5.56 Å². The Kier molecular flexibility index (Phi) is 6.61. The van der Waals surface area contributed by atoms with Gasteiger partial charge in [-0.05, 0) is 36.4 Å². The number of halogens is 4. The molecule has 29 heavy (non-hydrogen) atoms. The Morgan fingerprint density at radius 3 is 2.55 bits per heavy atom. The van der Waals surface area contributed by atoms with E-state index in [-0.39, 0.29) is 11.3 Å². The van der Waals surface area contributed by atoms with Crippen LogP contribution in [-0.4, -0.2) is 24.0 Å². The molecule has 0 radical (unpaired) electrons. The summed E-state index contributed by atoms with van der Waals surface area (Å²) < 4.78 is 57.5. The van der Waals surface area contributed by atoms with Crippen LogP contribution in [0.2, 0.25) is 0 Å². The molecule has 0 bridgehead atoms. The van der Waals surface area contributed by atoms with Gasteiger partial charge in [0.15, 0.2) is 0 Å². The molecule has 0 atom stereocenters. The Bertz CT molecular complexity index is 1090. The van der Waals surface area contributed by atoms with Crippen LogP contribution < -0.4 is 9.54 Å². The molecule has 150 valence electrons. The molecule has 0 saturated heterocycles. The van der Waals surface area contributed by atoms with E-state index in [9.17, 15) is 17.6 Å². The summed E-state index contributed by atoms with van der Waals surface area (Å²) in [6.45, 7) is 1.06. The van der Waals surface area contributed by atoms with Crippen molar-refractivity contribution in [1.29, 1.82) is 0 Å². The summed E-state index contributed by atoms with van der Waals surface area (Å²) in [5.74, 6) is -1.40. The van der Waals surface area contributed by atoms with Crippen LogP contribution in [0.5, 0.6) is 5.75 Å². The zero-order chi connectivity index (χ0) is 20.8. The first-order valence-electron chi connectivity index (χ1n) is 8.34. The van der Waals surface area contributed by atoms with Gasteiger partial charge in [-0.3, -0.25) is 4.99 Å². The number of ether oxygens (including phenoxy) is 1. The van der Waals surface area contributed by atoms with Crippen molar-refractivity contribution < 1.29 is 22.3 Å². The lowest BCUT2D eigenvalue weighted by Crippen LogP contribution is -2.12. The summed E-state index contributed by atoms with van der Waals surface area (Å²) in [7, 11) is 0. The number of alkyl halides is 2. The highest BCUT2D eigenvalue weighted by atomic mass is 32.1. The average Bonchev–Trinajstić information content (AvgIpc) is 3.08. The third-order valence-corrected chi connectivity index (χ3v) is 4.54. The minimum Gasteiger partial charge on any atom is -0.435 e. The monoisotopic (exact) mass is 421 g/mol. The van der Waals surface area contributed by atoms with Crippen molar-refractivity contribution in [3.05, 3.63) is 82.5 Å². The largest absolute Gasteiger partial charge is 0.435 e. The molecule has 0 aliphatic carbocycles. The van der Waals surface area contributed by atoms with E-state index in [1.165, 1.54) is 40.4 Å². The van der Waals surface area contributed by atoms with Gasteiger partial charge in [0, 0.05) is 22.6 Å². The minimum atomic E-state index is -2.91. The second kappa shape index (κ2) is 9.33. The summed E-state index contributed by atoms with van der Waals surface area (Å²) >= 11 is 1.30. The maximum absolute atomic E-state index is 13.9. The van der Waals surface area contributed by atoms with Crippen molar-refractivity contribution in [1.82, 2.24) is 4.68 Å². The van der Waals surface area contributed by atoms with E-state index in [2.05, 4.69) is 21.4 Å². The Hall–Kier alpha value is -3.20. The lowest BCUT2D eigenvalue weighted by atomic mass is 10.2. The number of aromatic nitrogens is 1. The van der Waals surface area contributed by atoms with E-state index in [0.717, 1.165) is 12.1 Å². The highest BCUT2D eigenvalue weighted by molar-refractivity contribution is 7.07. The number of benzene rings is 2. The molecule has 0 aliphatic rings. The highest BCUT2D eigenvalue weighted by Crippen LogP contribution is 2.24. The number of rotatable bonds is 7. The molecule has 0 amide bonds. The first-order valence-corrected chi connectivity index (χ1v) is 9.22. The summed E-state index contributed by atoms with van der Waals surface area (Å²) in [4.78, 5) is 4.87. The van der Waals surface area contributed by atoms with E-state index in [1.54, 1.807) is 23.6 Å². The third-order valence-electron chi connectivity index (χ3n) is 3.69. The fourth-order valence-electron chi connectivity index (χ4n) is 2.39. The van der Waals surface area contributed by atoms with E-state index in [0.29, 0.717) is 22.6 Å². The molecule has 3 aromatic rings. The molecule has 9 heteroatoms. The number of hydrogen-bond acceptors (Lipinski definition) is 4.